The standard InChI is InChI=1S/C23H26N4O3/c1-3-9-27-21(29)23(20(28)25-22(27)30)13-16-12-15-11-14(2)7-8-17(15)24-19(16)26-10-5-4-6-18(23)26/h7-8,11-12,18H,3-6,9-10,13H2,1-2H3,(H,25,28,30). The lowest BCUT2D eigenvalue weighted by atomic mass is 9.66. The van der Waals surface area contributed by atoms with E-state index in [0.29, 0.717) is 13.0 Å². The number of urea groups is 1. The highest BCUT2D eigenvalue weighted by molar-refractivity contribution is 6.20. The van der Waals surface area contributed by atoms with Gasteiger partial charge in [0, 0.05) is 24.9 Å². The number of carbonyl (C=O) groups excluding carboxylic acids is 3. The summed E-state index contributed by atoms with van der Waals surface area (Å²) in [6.45, 7) is 5.03. The molecule has 7 heteroatoms. The Bertz CT molecular complexity index is 1080. The summed E-state index contributed by atoms with van der Waals surface area (Å²) in [6, 6.07) is 7.33. The largest absolute Gasteiger partial charge is 0.352 e. The van der Waals surface area contributed by atoms with E-state index < -0.39 is 17.4 Å². The van der Waals surface area contributed by atoms with Crippen molar-refractivity contribution in [1.82, 2.24) is 15.2 Å². The monoisotopic (exact) mass is 406 g/mol. The molecule has 2 aromatic rings. The molecule has 1 N–H and O–H groups in total. The number of fused-ring (bicyclic) bond motifs is 5. The van der Waals surface area contributed by atoms with Crippen LogP contribution in [0.4, 0.5) is 10.6 Å². The number of rotatable bonds is 2. The number of barbiturate groups is 1. The predicted molar refractivity (Wildman–Crippen MR) is 113 cm³/mol. The van der Waals surface area contributed by atoms with E-state index in [4.69, 9.17) is 4.98 Å². The van der Waals surface area contributed by atoms with Crippen LogP contribution in [0.15, 0.2) is 24.3 Å². The number of benzene rings is 1. The number of imide groups is 2. The van der Waals surface area contributed by atoms with Gasteiger partial charge < -0.3 is 4.90 Å². The first-order valence-corrected chi connectivity index (χ1v) is 10.8. The third kappa shape index (κ3) is 2.57. The number of aryl methyl sites for hydroxylation is 1. The van der Waals surface area contributed by atoms with Crippen molar-refractivity contribution in [3.05, 3.63) is 35.4 Å². The molecule has 1 spiro atoms. The molecule has 7 nitrogen and oxygen atoms in total. The molecular formula is C23H26N4O3. The second kappa shape index (κ2) is 6.79. The van der Waals surface area contributed by atoms with Crippen LogP contribution in [0, 0.1) is 12.3 Å². The van der Waals surface area contributed by atoms with Gasteiger partial charge in [-0.05, 0) is 56.4 Å². The summed E-state index contributed by atoms with van der Waals surface area (Å²) in [7, 11) is 0. The lowest BCUT2D eigenvalue weighted by Crippen LogP contribution is -2.72. The number of nitrogens with zero attached hydrogens (tertiary/aromatic N) is 3. The molecule has 2 atom stereocenters. The molecule has 2 saturated heterocycles. The zero-order chi connectivity index (χ0) is 21.0. The van der Waals surface area contributed by atoms with Crippen LogP contribution in [-0.2, 0) is 16.0 Å². The van der Waals surface area contributed by atoms with Gasteiger partial charge in [0.15, 0.2) is 5.41 Å². The third-order valence-corrected chi connectivity index (χ3v) is 6.78. The summed E-state index contributed by atoms with van der Waals surface area (Å²) in [4.78, 5) is 47.7. The Balaban J connectivity index is 1.70. The Labute approximate surface area is 175 Å². The number of amides is 4. The van der Waals surface area contributed by atoms with Gasteiger partial charge in [-0.25, -0.2) is 9.78 Å². The lowest BCUT2D eigenvalue weighted by molar-refractivity contribution is -0.154. The first kappa shape index (κ1) is 19.0. The molecule has 30 heavy (non-hydrogen) atoms. The van der Waals surface area contributed by atoms with Crippen LogP contribution in [0.25, 0.3) is 10.9 Å². The predicted octanol–water partition coefficient (Wildman–Crippen LogP) is 2.93. The Kier molecular flexibility index (Phi) is 4.31. The highest BCUT2D eigenvalue weighted by atomic mass is 16.2. The smallest absolute Gasteiger partial charge is 0.330 e. The van der Waals surface area contributed by atoms with Crippen LogP contribution in [-0.4, -0.2) is 46.9 Å². The Morgan fingerprint density at radius 2 is 2.03 bits per heavy atom. The van der Waals surface area contributed by atoms with Crippen molar-refractivity contribution in [2.24, 2.45) is 5.41 Å². The first-order valence-electron chi connectivity index (χ1n) is 10.8. The fourth-order valence-corrected chi connectivity index (χ4v) is 5.41. The van der Waals surface area contributed by atoms with Crippen molar-refractivity contribution in [1.29, 1.82) is 0 Å². The Morgan fingerprint density at radius 1 is 1.20 bits per heavy atom. The second-order valence-corrected chi connectivity index (χ2v) is 8.74. The normalized spacial score (nSPS) is 26.1. The van der Waals surface area contributed by atoms with E-state index in [1.807, 2.05) is 26.0 Å². The van der Waals surface area contributed by atoms with E-state index in [2.05, 4.69) is 22.3 Å². The van der Waals surface area contributed by atoms with E-state index in [1.54, 1.807) is 0 Å². The molecule has 2 unspecified atom stereocenters. The van der Waals surface area contributed by atoms with Crippen LogP contribution in [0.2, 0.25) is 0 Å². The third-order valence-electron chi connectivity index (χ3n) is 6.78. The van der Waals surface area contributed by atoms with E-state index in [1.165, 1.54) is 4.90 Å². The van der Waals surface area contributed by atoms with Gasteiger partial charge >= 0.3 is 6.03 Å². The van der Waals surface area contributed by atoms with Crippen LogP contribution in [0.5, 0.6) is 0 Å². The Morgan fingerprint density at radius 3 is 2.83 bits per heavy atom. The average molecular weight is 406 g/mol. The number of hydrogen-bond donors (Lipinski definition) is 1. The van der Waals surface area contributed by atoms with Crippen molar-refractivity contribution < 1.29 is 14.4 Å². The molecular weight excluding hydrogens is 380 g/mol. The molecule has 1 aromatic carbocycles. The number of pyridine rings is 1. The molecule has 0 aliphatic carbocycles. The minimum Gasteiger partial charge on any atom is -0.352 e. The Hall–Kier alpha value is -2.96. The average Bonchev–Trinajstić information content (AvgIpc) is 2.74. The van der Waals surface area contributed by atoms with E-state index in [9.17, 15) is 14.4 Å². The number of hydrogen-bond acceptors (Lipinski definition) is 5. The molecule has 4 heterocycles. The molecule has 156 valence electrons. The van der Waals surface area contributed by atoms with E-state index >= 15 is 0 Å². The second-order valence-electron chi connectivity index (χ2n) is 8.74. The van der Waals surface area contributed by atoms with Gasteiger partial charge in [-0.2, -0.15) is 0 Å². The van der Waals surface area contributed by atoms with Gasteiger partial charge in [-0.3, -0.25) is 19.8 Å². The van der Waals surface area contributed by atoms with Crippen LogP contribution in [0.3, 0.4) is 0 Å². The maximum Gasteiger partial charge on any atom is 0.330 e. The number of carbonyl (C=O) groups is 3. The molecule has 5 rings (SSSR count). The number of aromatic nitrogens is 1. The summed E-state index contributed by atoms with van der Waals surface area (Å²) in [5.74, 6) is 0.0583. The van der Waals surface area contributed by atoms with E-state index in [-0.39, 0.29) is 18.4 Å². The molecule has 3 aliphatic rings. The zero-order valence-corrected chi connectivity index (χ0v) is 17.4. The van der Waals surface area contributed by atoms with Gasteiger partial charge in [0.2, 0.25) is 11.8 Å². The summed E-state index contributed by atoms with van der Waals surface area (Å²) in [5.41, 5.74) is 1.68. The molecule has 0 bridgehead atoms. The molecule has 2 fully saturated rings. The van der Waals surface area contributed by atoms with E-state index in [0.717, 1.165) is 53.7 Å². The molecule has 1 aromatic heterocycles. The molecule has 4 amide bonds. The van der Waals surface area contributed by atoms with Gasteiger partial charge in [0.1, 0.15) is 5.82 Å². The number of nitrogens with one attached hydrogen (secondary N) is 1. The van der Waals surface area contributed by atoms with Crippen molar-refractivity contribution >= 4 is 34.6 Å². The van der Waals surface area contributed by atoms with Gasteiger partial charge in [-0.15, -0.1) is 0 Å². The van der Waals surface area contributed by atoms with Gasteiger partial charge in [0.25, 0.3) is 0 Å². The summed E-state index contributed by atoms with van der Waals surface area (Å²) in [5, 5.41) is 3.50. The van der Waals surface area contributed by atoms with Crippen LogP contribution in [0.1, 0.15) is 43.7 Å². The van der Waals surface area contributed by atoms with Crippen molar-refractivity contribution in [2.45, 2.75) is 52.0 Å². The number of piperidine rings is 1. The molecule has 3 aliphatic heterocycles. The van der Waals surface area contributed by atoms with Crippen molar-refractivity contribution in [2.75, 3.05) is 18.0 Å². The minimum atomic E-state index is -1.28. The summed E-state index contributed by atoms with van der Waals surface area (Å²) < 4.78 is 0. The summed E-state index contributed by atoms with van der Waals surface area (Å²) >= 11 is 0. The molecule has 0 saturated carbocycles. The number of anilines is 1. The van der Waals surface area contributed by atoms with Crippen LogP contribution < -0.4 is 10.2 Å². The lowest BCUT2D eigenvalue weighted by Gasteiger charge is -2.53. The topological polar surface area (TPSA) is 82.6 Å². The van der Waals surface area contributed by atoms with Crippen molar-refractivity contribution in [3.8, 4) is 0 Å². The van der Waals surface area contributed by atoms with Gasteiger partial charge in [-0.1, -0.05) is 18.6 Å². The minimum absolute atomic E-state index is 0.276. The van der Waals surface area contributed by atoms with Gasteiger partial charge in [0.05, 0.1) is 11.6 Å². The SMILES string of the molecule is CCCN1C(=O)NC(=O)C2(Cc3cc4cc(C)ccc4nc3N3CCCCC32)C1=O. The van der Waals surface area contributed by atoms with Crippen molar-refractivity contribution in [3.63, 3.8) is 0 Å². The summed E-state index contributed by atoms with van der Waals surface area (Å²) in [6.07, 6.45) is 3.61. The highest BCUT2D eigenvalue weighted by Crippen LogP contribution is 2.47. The fourth-order valence-electron chi connectivity index (χ4n) is 5.41. The highest BCUT2D eigenvalue weighted by Gasteiger charge is 2.62. The maximum absolute atomic E-state index is 13.7. The first-order chi connectivity index (χ1) is 14.5. The molecule has 0 radical (unpaired) electrons. The quantitative estimate of drug-likeness (QED) is 0.776. The zero-order valence-electron chi connectivity index (χ0n) is 17.4. The maximum atomic E-state index is 13.7. The van der Waals surface area contributed by atoms with Crippen LogP contribution >= 0.6 is 0 Å². The fraction of sp³-hybridized carbons (Fsp3) is 0.478.